The van der Waals surface area contributed by atoms with Gasteiger partial charge >= 0.3 is 0 Å². The first-order valence-corrected chi connectivity index (χ1v) is 7.73. The number of benzene rings is 2. The predicted octanol–water partition coefficient (Wildman–Crippen LogP) is 5.06. The first-order chi connectivity index (χ1) is 11.3. The van der Waals surface area contributed by atoms with Gasteiger partial charge in [0.25, 0.3) is 0 Å². The molecule has 0 unspecified atom stereocenters. The summed E-state index contributed by atoms with van der Waals surface area (Å²) in [7, 11) is 0. The van der Waals surface area contributed by atoms with Gasteiger partial charge in [-0.1, -0.05) is 43.7 Å². The van der Waals surface area contributed by atoms with E-state index < -0.39 is 0 Å². The molecule has 0 aliphatic carbocycles. The second-order valence-electron chi connectivity index (χ2n) is 5.21. The lowest BCUT2D eigenvalue weighted by Gasteiger charge is -2.25. The lowest BCUT2D eigenvalue weighted by Crippen LogP contribution is -2.18. The Kier molecular flexibility index (Phi) is 5.98. The molecule has 114 valence electrons. The average molecular weight is 301 g/mol. The Balaban J connectivity index is 2.28. The molecule has 3 nitrogen and oxygen atoms in total. The summed E-state index contributed by atoms with van der Waals surface area (Å²) >= 11 is 0. The topological polar surface area (TPSA) is 50.8 Å². The Bertz CT molecular complexity index is 715. The molecule has 0 amide bonds. The molecule has 3 heteroatoms. The number of allylic oxidation sites excluding steroid dienone is 1. The summed E-state index contributed by atoms with van der Waals surface area (Å²) < 4.78 is 0. The van der Waals surface area contributed by atoms with Gasteiger partial charge in [0.1, 0.15) is 17.7 Å². The zero-order valence-corrected chi connectivity index (χ0v) is 13.2. The maximum Gasteiger partial charge on any atom is 0.130 e. The van der Waals surface area contributed by atoms with Gasteiger partial charge in [-0.3, -0.25) is 0 Å². The standard InChI is InChI=1S/C20H19N3/c1-2-3-13-23(19-7-5-4-6-8-19)20-11-9-17(10-12-20)14-18(15-21)16-22/h4-12,14H,2-3,13H2,1H3. The summed E-state index contributed by atoms with van der Waals surface area (Å²) in [5.74, 6) is 0. The molecule has 0 spiro atoms. The van der Waals surface area contributed by atoms with Crippen molar-refractivity contribution in [3.05, 3.63) is 65.7 Å². The van der Waals surface area contributed by atoms with Crippen molar-refractivity contribution in [1.82, 2.24) is 0 Å². The normalized spacial score (nSPS) is 9.52. The Morgan fingerprint density at radius 1 is 0.957 bits per heavy atom. The van der Waals surface area contributed by atoms with Gasteiger partial charge < -0.3 is 4.90 Å². The van der Waals surface area contributed by atoms with Crippen LogP contribution in [0.5, 0.6) is 0 Å². The molecule has 0 bridgehead atoms. The molecule has 0 heterocycles. The van der Waals surface area contributed by atoms with Gasteiger partial charge in [0.15, 0.2) is 0 Å². The van der Waals surface area contributed by atoms with Crippen molar-refractivity contribution < 1.29 is 0 Å². The van der Waals surface area contributed by atoms with E-state index in [0.29, 0.717) is 0 Å². The molecular weight excluding hydrogens is 282 g/mol. The smallest absolute Gasteiger partial charge is 0.130 e. The summed E-state index contributed by atoms with van der Waals surface area (Å²) in [5, 5.41) is 17.7. The van der Waals surface area contributed by atoms with Gasteiger partial charge in [-0.25, -0.2) is 0 Å². The molecule has 23 heavy (non-hydrogen) atoms. The maximum absolute atomic E-state index is 8.83. The van der Waals surface area contributed by atoms with E-state index in [-0.39, 0.29) is 5.57 Å². The molecule has 2 aromatic carbocycles. The molecule has 0 fully saturated rings. The van der Waals surface area contributed by atoms with Crippen molar-refractivity contribution in [1.29, 1.82) is 10.5 Å². The highest BCUT2D eigenvalue weighted by molar-refractivity contribution is 5.67. The number of unbranched alkanes of at least 4 members (excludes halogenated alkanes) is 1. The molecular formula is C20H19N3. The van der Waals surface area contributed by atoms with E-state index in [0.717, 1.165) is 30.6 Å². The Labute approximate surface area is 137 Å². The van der Waals surface area contributed by atoms with Crippen molar-refractivity contribution in [3.63, 3.8) is 0 Å². The number of rotatable bonds is 6. The highest BCUT2D eigenvalue weighted by Gasteiger charge is 2.08. The quantitative estimate of drug-likeness (QED) is 0.701. The van der Waals surface area contributed by atoms with E-state index >= 15 is 0 Å². The monoisotopic (exact) mass is 301 g/mol. The van der Waals surface area contributed by atoms with E-state index in [1.165, 1.54) is 5.69 Å². The summed E-state index contributed by atoms with van der Waals surface area (Å²) in [6.07, 6.45) is 3.85. The Morgan fingerprint density at radius 2 is 1.57 bits per heavy atom. The van der Waals surface area contributed by atoms with Crippen LogP contribution in [0.4, 0.5) is 11.4 Å². The maximum atomic E-state index is 8.83. The largest absolute Gasteiger partial charge is 0.341 e. The summed E-state index contributed by atoms with van der Waals surface area (Å²) in [4.78, 5) is 2.28. The number of para-hydroxylation sites is 1. The van der Waals surface area contributed by atoms with Crippen LogP contribution in [0.2, 0.25) is 0 Å². The number of nitrogens with zero attached hydrogens (tertiary/aromatic N) is 3. The van der Waals surface area contributed by atoms with Crippen molar-refractivity contribution in [2.75, 3.05) is 11.4 Å². The first-order valence-electron chi connectivity index (χ1n) is 7.73. The Morgan fingerprint density at radius 3 is 2.13 bits per heavy atom. The average Bonchev–Trinajstić information content (AvgIpc) is 2.62. The van der Waals surface area contributed by atoms with Gasteiger partial charge in [-0.05, 0) is 42.3 Å². The van der Waals surface area contributed by atoms with Crippen molar-refractivity contribution in [2.24, 2.45) is 0 Å². The second kappa shape index (κ2) is 8.41. The van der Waals surface area contributed by atoms with Crippen LogP contribution in [0, 0.1) is 22.7 Å². The van der Waals surface area contributed by atoms with E-state index in [1.807, 2.05) is 54.6 Å². The zero-order chi connectivity index (χ0) is 16.5. The molecule has 0 aromatic heterocycles. The van der Waals surface area contributed by atoms with Crippen LogP contribution >= 0.6 is 0 Å². The second-order valence-corrected chi connectivity index (χ2v) is 5.21. The van der Waals surface area contributed by atoms with E-state index in [9.17, 15) is 0 Å². The third-order valence-electron chi connectivity index (χ3n) is 3.56. The predicted molar refractivity (Wildman–Crippen MR) is 94.0 cm³/mol. The van der Waals surface area contributed by atoms with Gasteiger partial charge in [-0.15, -0.1) is 0 Å². The number of hydrogen-bond donors (Lipinski definition) is 0. The van der Waals surface area contributed by atoms with E-state index in [2.05, 4.69) is 24.0 Å². The fourth-order valence-electron chi connectivity index (χ4n) is 2.34. The number of anilines is 2. The minimum absolute atomic E-state index is 0.114. The third kappa shape index (κ3) is 4.46. The SMILES string of the molecule is CCCCN(c1ccccc1)c1ccc(C=C(C#N)C#N)cc1. The highest BCUT2D eigenvalue weighted by Crippen LogP contribution is 2.26. The molecule has 0 aliphatic heterocycles. The Hall–Kier alpha value is -3.04. The van der Waals surface area contributed by atoms with Crippen LogP contribution in [0.25, 0.3) is 6.08 Å². The summed E-state index contributed by atoms with van der Waals surface area (Å²) in [6.45, 7) is 3.14. The summed E-state index contributed by atoms with van der Waals surface area (Å²) in [5.41, 5.74) is 3.25. The van der Waals surface area contributed by atoms with Crippen molar-refractivity contribution in [2.45, 2.75) is 19.8 Å². The van der Waals surface area contributed by atoms with Crippen LogP contribution in [-0.2, 0) is 0 Å². The third-order valence-corrected chi connectivity index (χ3v) is 3.56. The van der Waals surface area contributed by atoms with E-state index in [4.69, 9.17) is 10.5 Å². The van der Waals surface area contributed by atoms with Gasteiger partial charge in [0.05, 0.1) is 0 Å². The van der Waals surface area contributed by atoms with Crippen LogP contribution in [0.3, 0.4) is 0 Å². The number of nitriles is 2. The highest BCUT2D eigenvalue weighted by atomic mass is 15.1. The minimum Gasteiger partial charge on any atom is -0.341 e. The van der Waals surface area contributed by atoms with Crippen LogP contribution in [0.1, 0.15) is 25.3 Å². The molecule has 0 radical (unpaired) electrons. The zero-order valence-electron chi connectivity index (χ0n) is 13.2. The number of hydrogen-bond acceptors (Lipinski definition) is 3. The van der Waals surface area contributed by atoms with Gasteiger partial charge in [-0.2, -0.15) is 10.5 Å². The fourth-order valence-corrected chi connectivity index (χ4v) is 2.34. The molecule has 0 aliphatic rings. The molecule has 0 N–H and O–H groups in total. The fraction of sp³-hybridized carbons (Fsp3) is 0.200. The van der Waals surface area contributed by atoms with Crippen molar-refractivity contribution in [3.8, 4) is 12.1 Å². The molecule has 0 saturated carbocycles. The molecule has 0 saturated heterocycles. The van der Waals surface area contributed by atoms with Crippen LogP contribution in [0.15, 0.2) is 60.2 Å². The van der Waals surface area contributed by atoms with Gasteiger partial charge in [0.2, 0.25) is 0 Å². The van der Waals surface area contributed by atoms with Crippen LogP contribution in [-0.4, -0.2) is 6.54 Å². The molecule has 0 atom stereocenters. The van der Waals surface area contributed by atoms with Gasteiger partial charge in [0, 0.05) is 17.9 Å². The minimum atomic E-state index is 0.114. The lowest BCUT2D eigenvalue weighted by atomic mass is 10.1. The van der Waals surface area contributed by atoms with E-state index in [1.54, 1.807) is 6.08 Å². The summed E-state index contributed by atoms with van der Waals surface area (Å²) in [6, 6.07) is 22.0. The van der Waals surface area contributed by atoms with Crippen LogP contribution < -0.4 is 4.90 Å². The molecule has 2 rings (SSSR count). The van der Waals surface area contributed by atoms with Crippen molar-refractivity contribution >= 4 is 17.5 Å². The molecule has 2 aromatic rings. The first kappa shape index (κ1) is 16.3. The lowest BCUT2D eigenvalue weighted by molar-refractivity contribution is 0.786.